The topological polar surface area (TPSA) is 59.8 Å². The lowest BCUT2D eigenvalue weighted by Gasteiger charge is -2.14. The van der Waals surface area contributed by atoms with Crippen molar-refractivity contribution in [2.75, 3.05) is 5.32 Å². The molecule has 0 saturated heterocycles. The summed E-state index contributed by atoms with van der Waals surface area (Å²) < 4.78 is 42.1. The van der Waals surface area contributed by atoms with Crippen LogP contribution in [0.4, 0.5) is 18.9 Å². The van der Waals surface area contributed by atoms with Crippen molar-refractivity contribution in [2.24, 2.45) is 0 Å². The lowest BCUT2D eigenvalue weighted by molar-refractivity contribution is -0.115. The van der Waals surface area contributed by atoms with Gasteiger partial charge in [0.05, 0.1) is 10.9 Å². The third-order valence-electron chi connectivity index (χ3n) is 4.49. The average molecular weight is 382 g/mol. The zero-order valence-electron chi connectivity index (χ0n) is 14.0. The summed E-state index contributed by atoms with van der Waals surface area (Å²) in [7, 11) is 0. The molecule has 0 bridgehead atoms. The van der Waals surface area contributed by atoms with Crippen molar-refractivity contribution >= 4 is 23.4 Å². The molecular weight excluding hydrogens is 365 g/mol. The molecule has 9 heteroatoms. The van der Waals surface area contributed by atoms with E-state index in [1.807, 2.05) is 0 Å². The molecule has 1 aromatic carbocycles. The summed E-state index contributed by atoms with van der Waals surface area (Å²) in [4.78, 5) is 12.3. The standard InChI is InChI=1S/C17H17F3N4OS/c1-8(16(25)21-12-7-6-11(18)13(19)14(12)20)26-17-23-22-15(9-2-3-9)24(17)10-4-5-10/h6-10H,2-5H2,1H3,(H,21,25)/t8-/m1/s1. The number of thioether (sulfide) groups is 1. The average Bonchev–Trinajstić information content (AvgIpc) is 3.54. The second-order valence-corrected chi connectivity index (χ2v) is 8.00. The number of aromatic nitrogens is 3. The highest BCUT2D eigenvalue weighted by Crippen LogP contribution is 2.46. The van der Waals surface area contributed by atoms with E-state index in [9.17, 15) is 18.0 Å². The van der Waals surface area contributed by atoms with E-state index >= 15 is 0 Å². The Morgan fingerprint density at radius 1 is 1.19 bits per heavy atom. The van der Waals surface area contributed by atoms with Crippen molar-refractivity contribution in [1.82, 2.24) is 14.8 Å². The van der Waals surface area contributed by atoms with Crippen molar-refractivity contribution in [3.63, 3.8) is 0 Å². The largest absolute Gasteiger partial charge is 0.323 e. The molecule has 4 rings (SSSR count). The minimum atomic E-state index is -1.61. The Hall–Kier alpha value is -2.03. The first-order valence-corrected chi connectivity index (χ1v) is 9.39. The van der Waals surface area contributed by atoms with Gasteiger partial charge in [-0.15, -0.1) is 10.2 Å². The molecule has 5 nitrogen and oxygen atoms in total. The Bertz CT molecular complexity index is 864. The van der Waals surface area contributed by atoms with E-state index in [0.717, 1.165) is 43.6 Å². The second-order valence-electron chi connectivity index (χ2n) is 6.69. The number of carbonyl (C=O) groups is 1. The maximum atomic E-state index is 13.7. The first-order valence-electron chi connectivity index (χ1n) is 8.51. The Morgan fingerprint density at radius 2 is 1.92 bits per heavy atom. The number of hydrogen-bond acceptors (Lipinski definition) is 4. The minimum absolute atomic E-state index is 0.385. The molecule has 1 atom stereocenters. The summed E-state index contributed by atoms with van der Waals surface area (Å²) in [5.41, 5.74) is -0.385. The molecule has 1 heterocycles. The Labute approximate surface area is 152 Å². The molecule has 2 aliphatic carbocycles. The molecule has 0 aliphatic heterocycles. The van der Waals surface area contributed by atoms with Gasteiger partial charge >= 0.3 is 0 Å². The molecule has 0 spiro atoms. The lowest BCUT2D eigenvalue weighted by Crippen LogP contribution is -2.24. The van der Waals surface area contributed by atoms with E-state index in [4.69, 9.17) is 0 Å². The first kappa shape index (κ1) is 17.4. The van der Waals surface area contributed by atoms with Crippen molar-refractivity contribution < 1.29 is 18.0 Å². The highest BCUT2D eigenvalue weighted by Gasteiger charge is 2.37. The van der Waals surface area contributed by atoms with Crippen molar-refractivity contribution in [3.8, 4) is 0 Å². The van der Waals surface area contributed by atoms with E-state index in [0.29, 0.717) is 17.1 Å². The van der Waals surface area contributed by atoms with E-state index in [-0.39, 0.29) is 5.69 Å². The molecule has 138 valence electrons. The van der Waals surface area contributed by atoms with Crippen LogP contribution in [0.25, 0.3) is 0 Å². The number of anilines is 1. The Kier molecular flexibility index (Phi) is 4.42. The summed E-state index contributed by atoms with van der Waals surface area (Å²) in [6.45, 7) is 1.65. The van der Waals surface area contributed by atoms with Crippen molar-refractivity contribution in [2.45, 2.75) is 55.0 Å². The predicted molar refractivity (Wildman–Crippen MR) is 90.5 cm³/mol. The number of hydrogen-bond donors (Lipinski definition) is 1. The summed E-state index contributed by atoms with van der Waals surface area (Å²) in [6.07, 6.45) is 4.37. The molecule has 2 aliphatic rings. The number of benzene rings is 1. The number of nitrogens with zero attached hydrogens (tertiary/aromatic N) is 3. The summed E-state index contributed by atoms with van der Waals surface area (Å²) in [5.74, 6) is -3.39. The normalized spacial score (nSPS) is 18.0. The Balaban J connectivity index is 1.48. The van der Waals surface area contributed by atoms with Crippen LogP contribution >= 0.6 is 11.8 Å². The lowest BCUT2D eigenvalue weighted by atomic mass is 10.2. The van der Waals surface area contributed by atoms with E-state index < -0.39 is 28.6 Å². The number of rotatable bonds is 6. The maximum Gasteiger partial charge on any atom is 0.237 e. The van der Waals surface area contributed by atoms with Gasteiger partial charge < -0.3 is 9.88 Å². The van der Waals surface area contributed by atoms with Gasteiger partial charge in [0.25, 0.3) is 0 Å². The van der Waals surface area contributed by atoms with Crippen molar-refractivity contribution in [1.29, 1.82) is 0 Å². The van der Waals surface area contributed by atoms with Gasteiger partial charge in [0.1, 0.15) is 5.82 Å². The van der Waals surface area contributed by atoms with Crippen LogP contribution < -0.4 is 5.32 Å². The molecule has 1 aromatic heterocycles. The van der Waals surface area contributed by atoms with Gasteiger partial charge in [-0.05, 0) is 44.7 Å². The van der Waals surface area contributed by atoms with Crippen LogP contribution in [0.15, 0.2) is 17.3 Å². The quantitative estimate of drug-likeness (QED) is 0.605. The first-order chi connectivity index (χ1) is 12.5. The highest BCUT2D eigenvalue weighted by atomic mass is 32.2. The van der Waals surface area contributed by atoms with Crippen LogP contribution in [-0.2, 0) is 4.79 Å². The van der Waals surface area contributed by atoms with Crippen molar-refractivity contribution in [3.05, 3.63) is 35.4 Å². The second kappa shape index (κ2) is 6.61. The van der Waals surface area contributed by atoms with E-state index in [1.54, 1.807) is 6.92 Å². The molecule has 2 aromatic rings. The van der Waals surface area contributed by atoms with E-state index in [1.165, 1.54) is 11.8 Å². The monoisotopic (exact) mass is 382 g/mol. The fourth-order valence-corrected chi connectivity index (χ4v) is 3.66. The predicted octanol–water partition coefficient (Wildman–Crippen LogP) is 4.03. The van der Waals surface area contributed by atoms with Crippen LogP contribution in [0.5, 0.6) is 0 Å². The number of nitrogens with one attached hydrogen (secondary N) is 1. The third-order valence-corrected chi connectivity index (χ3v) is 5.55. The highest BCUT2D eigenvalue weighted by molar-refractivity contribution is 8.00. The van der Waals surface area contributed by atoms with Gasteiger partial charge in [-0.25, -0.2) is 13.2 Å². The Morgan fingerprint density at radius 3 is 2.58 bits per heavy atom. The summed E-state index contributed by atoms with van der Waals surface area (Å²) in [5, 5.41) is 10.9. The van der Waals surface area contributed by atoms with Crippen LogP contribution in [0.2, 0.25) is 0 Å². The molecule has 2 fully saturated rings. The number of carbonyl (C=O) groups excluding carboxylic acids is 1. The summed E-state index contributed by atoms with van der Waals surface area (Å²) in [6, 6.07) is 2.17. The van der Waals surface area contributed by atoms with Gasteiger partial charge in [-0.1, -0.05) is 11.8 Å². The molecule has 1 N–H and O–H groups in total. The fourth-order valence-electron chi connectivity index (χ4n) is 2.73. The third kappa shape index (κ3) is 3.32. The van der Waals surface area contributed by atoms with Crippen LogP contribution in [0.1, 0.15) is 50.4 Å². The SMILES string of the molecule is C[C@@H](Sc1nnc(C2CC2)n1C1CC1)C(=O)Nc1ccc(F)c(F)c1F. The van der Waals surface area contributed by atoms with Gasteiger partial charge in [0, 0.05) is 12.0 Å². The van der Waals surface area contributed by atoms with Gasteiger partial charge in [0.2, 0.25) is 5.91 Å². The zero-order chi connectivity index (χ0) is 18.4. The number of halogens is 3. The van der Waals surface area contributed by atoms with Gasteiger partial charge in [-0.3, -0.25) is 4.79 Å². The summed E-state index contributed by atoms with van der Waals surface area (Å²) >= 11 is 1.23. The number of amides is 1. The van der Waals surface area contributed by atoms with Crippen LogP contribution in [0, 0.1) is 17.5 Å². The molecular formula is C17H17F3N4OS. The van der Waals surface area contributed by atoms with Gasteiger partial charge in [-0.2, -0.15) is 0 Å². The zero-order valence-corrected chi connectivity index (χ0v) is 14.8. The van der Waals surface area contributed by atoms with Gasteiger partial charge in [0.15, 0.2) is 22.6 Å². The molecule has 0 radical (unpaired) electrons. The molecule has 1 amide bonds. The van der Waals surface area contributed by atoms with Crippen LogP contribution in [0.3, 0.4) is 0 Å². The minimum Gasteiger partial charge on any atom is -0.323 e. The fraction of sp³-hybridized carbons (Fsp3) is 0.471. The van der Waals surface area contributed by atoms with Crippen LogP contribution in [-0.4, -0.2) is 25.9 Å². The molecule has 0 unspecified atom stereocenters. The maximum absolute atomic E-state index is 13.7. The molecule has 26 heavy (non-hydrogen) atoms. The smallest absolute Gasteiger partial charge is 0.237 e. The van der Waals surface area contributed by atoms with E-state index in [2.05, 4.69) is 20.1 Å². The molecule has 2 saturated carbocycles.